The molecular formula is C88H127IN10O28S3. The number of nitrogens with two attached hydrogens (primary N) is 2. The summed E-state index contributed by atoms with van der Waals surface area (Å²) in [6.45, 7) is 12.4. The van der Waals surface area contributed by atoms with Gasteiger partial charge >= 0.3 is 18.2 Å². The first-order valence-corrected chi connectivity index (χ1v) is 47.8. The number of carbonyl (C=O) groups excluding carboxylic acids is 9. The third-order valence-electron chi connectivity index (χ3n) is 22.6. The molecule has 8 rings (SSSR count). The molecule has 0 radical (unpaired) electrons. The second kappa shape index (κ2) is 54.0. The first-order chi connectivity index (χ1) is 62.2. The van der Waals surface area contributed by atoms with Crippen LogP contribution < -0.4 is 63.1 Å². The molecule has 4 saturated heterocycles. The molecule has 4 aliphatic heterocycles. The van der Waals surface area contributed by atoms with E-state index in [2.05, 4.69) is 61.1 Å². The molecule has 5 fully saturated rings. The zero-order valence-electron chi connectivity index (χ0n) is 75.5. The molecule has 8 amide bonds. The molecule has 42 heteroatoms. The van der Waals surface area contributed by atoms with Gasteiger partial charge in [-0.15, -0.1) is 0 Å². The second-order valence-corrected chi connectivity index (χ2v) is 37.1. The standard InChI is InChI=1S/C88H127IN10O28S3/c1-14-99(88(113)120-44-52-32-34-54(35-33-52)94-80(107)57(30-25-39-92-86(91)111)95-82(109)68(46(2)3)96-81(108)56(93-51(8)101)29-23-24-38-90)58-45-119-63(43-62(58)114-9)125-77-72(105)69(48(5)122-85(77)124-61-31-22-17-15-16-19-26-53(37-41-128-130-55-27-20-18-21-28-55)66(61)70(59(102)36-40-100)97-87(112)118-13)98-127-64-42-60(103)79(50(7)121-64)129-83(110)65-47(4)67(89)75(78(117-12)74(65)115-10)126-84-73(106)76(116-11)71(104)49(6)123-84/h15,17,32-35,37,46,48-50,55-58,60-64,68-69,71-73,76-77,79,84-85,98,100,103-106H,14,18,20-21,23-30,36,38-45,90H2,1-13H3,(H,93,101)(H,94,107)(H,95,109)(H,96,108)(H,97,112)(H3,91,92,111)/b17-15-,53-37-,70-66-/t48-,49+,50-,56+,57+,58+,60+,61+,62+,63+,64+,68+,69-,71+,72+,73-,76-,77-,79-,84+,85+/m1/s1. The number of halogens is 1. The molecule has 0 aromatic heterocycles. The Bertz CT molecular complexity index is 4350. The maximum Gasteiger partial charge on any atom is 0.411 e. The number of methoxy groups -OCH3 is 5. The highest BCUT2D eigenvalue weighted by atomic mass is 127. The molecule has 722 valence electrons. The van der Waals surface area contributed by atoms with Crippen molar-refractivity contribution >= 4 is 114 Å². The Morgan fingerprint density at radius 3 is 2.12 bits per heavy atom. The van der Waals surface area contributed by atoms with E-state index >= 15 is 0 Å². The molecule has 2 aliphatic carbocycles. The Hall–Kier alpha value is -7.65. The lowest BCUT2D eigenvalue weighted by Gasteiger charge is -2.47. The van der Waals surface area contributed by atoms with E-state index in [0.29, 0.717) is 56.3 Å². The van der Waals surface area contributed by atoms with Gasteiger partial charge < -0.3 is 130 Å². The quantitative estimate of drug-likeness (QED) is 0.00961. The highest BCUT2D eigenvalue weighted by Gasteiger charge is 2.52. The van der Waals surface area contributed by atoms with Crippen LogP contribution in [0.3, 0.4) is 0 Å². The monoisotopic (exact) mass is 1990 g/mol. The van der Waals surface area contributed by atoms with Crippen LogP contribution in [0, 0.1) is 40.1 Å². The van der Waals surface area contributed by atoms with Crippen molar-refractivity contribution in [1.82, 2.24) is 37.0 Å². The van der Waals surface area contributed by atoms with Gasteiger partial charge in [0.15, 0.2) is 36.2 Å². The summed E-state index contributed by atoms with van der Waals surface area (Å²) in [7, 11) is 9.95. The first kappa shape index (κ1) is 108. The summed E-state index contributed by atoms with van der Waals surface area (Å²) < 4.78 is 80.1. The minimum Gasteiger partial charge on any atom is -0.492 e. The molecule has 0 spiro atoms. The Labute approximate surface area is 783 Å². The number of likely N-dealkylation sites (N-methyl/N-ethyl adjacent to an activating group) is 1. The van der Waals surface area contributed by atoms with Gasteiger partial charge in [0.05, 0.1) is 97.2 Å². The van der Waals surface area contributed by atoms with Gasteiger partial charge in [0.2, 0.25) is 40.8 Å². The fourth-order valence-corrected chi connectivity index (χ4v) is 20.0. The fourth-order valence-electron chi connectivity index (χ4n) is 15.6. The lowest BCUT2D eigenvalue weighted by Crippen LogP contribution is -2.65. The van der Waals surface area contributed by atoms with Crippen LogP contribution in [-0.2, 0) is 82.8 Å². The number of hydrogen-bond acceptors (Lipinski definition) is 33. The Kier molecular flexibility index (Phi) is 44.8. The van der Waals surface area contributed by atoms with Crippen molar-refractivity contribution in [2.24, 2.45) is 17.4 Å². The number of allylic oxidation sites excluding steroid dienone is 3. The fraction of sp³-hybridized carbons (Fsp3) is 0.648. The van der Waals surface area contributed by atoms with Crippen molar-refractivity contribution < 1.29 is 135 Å². The molecule has 130 heavy (non-hydrogen) atoms. The number of alkyl carbamates (subject to hydrolysis) is 1. The molecule has 2 aromatic carbocycles. The van der Waals surface area contributed by atoms with Crippen molar-refractivity contribution in [2.75, 3.05) is 79.5 Å². The number of rotatable bonds is 43. The zero-order chi connectivity index (χ0) is 95.0. The van der Waals surface area contributed by atoms with Gasteiger partial charge in [0.1, 0.15) is 61.4 Å². The minimum absolute atomic E-state index is 0.00391. The van der Waals surface area contributed by atoms with Gasteiger partial charge in [-0.1, -0.05) is 108 Å². The van der Waals surface area contributed by atoms with Crippen LogP contribution in [-0.4, -0.2) is 290 Å². The van der Waals surface area contributed by atoms with Gasteiger partial charge in [-0.2, -0.15) is 5.48 Å². The molecule has 16 N–H and O–H groups in total. The maximum atomic E-state index is 14.7. The SMILES string of the molecule is CCN(C(=O)OCc1ccc(NC(=O)[C@H](CCCNC(N)=O)NC(=O)[C@@H](NC(=O)[C@H](CCCCN)NC(C)=O)C(C)C)cc1)[C@H]1CO[C@@H](O[C@H]2[C@H](O[C@H]3C#C/C=C\C#CCC(=C/CSSC4CCCCC4)/C3=C(/NC(=O)OC)C(=O)CCO)O[C@H](C)[C@@H](NO[C@H]3C[C@H](O)[C@H](SC(=O)c4c(C)c(I)c(O[C@@H]5O[C@@H](C)[C@H](O)[C@@H](OC)[C@H]5O)c(OC)c4OC)[C@@H](C)O3)[C@@H]2O)C[C@@H]1OC. The lowest BCUT2D eigenvalue weighted by atomic mass is 9.92. The van der Waals surface area contributed by atoms with Crippen LogP contribution in [0.1, 0.15) is 160 Å². The van der Waals surface area contributed by atoms with Crippen LogP contribution in [0.25, 0.3) is 0 Å². The predicted octanol–water partition coefficient (Wildman–Crippen LogP) is 5.58. The molecule has 1 saturated carbocycles. The second-order valence-electron chi connectivity index (χ2n) is 32.2. The Morgan fingerprint density at radius 2 is 1.47 bits per heavy atom. The van der Waals surface area contributed by atoms with Crippen LogP contribution in [0.15, 0.2) is 59.3 Å². The molecule has 4 heterocycles. The summed E-state index contributed by atoms with van der Waals surface area (Å²) >= 11 is 2.77. The minimum atomic E-state index is -1.70. The number of unbranched alkanes of at least 4 members (excludes halogenated alkanes) is 1. The molecule has 6 aliphatic rings. The van der Waals surface area contributed by atoms with E-state index in [1.165, 1.54) is 52.8 Å². The van der Waals surface area contributed by atoms with Crippen molar-refractivity contribution in [3.05, 3.63) is 79.6 Å². The van der Waals surface area contributed by atoms with Crippen molar-refractivity contribution in [1.29, 1.82) is 0 Å². The summed E-state index contributed by atoms with van der Waals surface area (Å²) in [4.78, 5) is 130. The topological polar surface area (TPSA) is 523 Å². The largest absolute Gasteiger partial charge is 0.492 e. The number of nitrogens with zero attached hydrogens (tertiary/aromatic N) is 1. The maximum absolute atomic E-state index is 14.7. The summed E-state index contributed by atoms with van der Waals surface area (Å²) in [6, 6.07) is 0.268. The molecule has 21 atom stereocenters. The van der Waals surface area contributed by atoms with E-state index in [1.807, 2.05) is 28.7 Å². The van der Waals surface area contributed by atoms with E-state index in [4.69, 9.17) is 77.9 Å². The third-order valence-corrected chi connectivity index (χ3v) is 28.1. The van der Waals surface area contributed by atoms with Crippen molar-refractivity contribution in [3.63, 3.8) is 0 Å². The summed E-state index contributed by atoms with van der Waals surface area (Å²) in [5.41, 5.74) is 15.3. The predicted molar refractivity (Wildman–Crippen MR) is 490 cm³/mol. The smallest absolute Gasteiger partial charge is 0.411 e. The van der Waals surface area contributed by atoms with E-state index in [0.717, 1.165) is 44.6 Å². The average molecular weight is 2000 g/mol. The Morgan fingerprint density at radius 1 is 0.769 bits per heavy atom. The molecule has 0 unspecified atom stereocenters. The highest BCUT2D eigenvalue weighted by molar-refractivity contribution is 14.1. The van der Waals surface area contributed by atoms with Gasteiger partial charge in [-0.05, 0) is 156 Å². The van der Waals surface area contributed by atoms with E-state index in [1.54, 1.807) is 100 Å². The number of aliphatic hydroxyl groups is 5. The van der Waals surface area contributed by atoms with Gasteiger partial charge in [0.25, 0.3) is 0 Å². The summed E-state index contributed by atoms with van der Waals surface area (Å²) in [5, 5.41) is 72.2. The normalized spacial score (nSPS) is 27.4. The highest BCUT2D eigenvalue weighted by Crippen LogP contribution is 2.49. The number of ether oxygens (including phenoxy) is 13. The van der Waals surface area contributed by atoms with E-state index < -0.39 is 199 Å². The molecule has 0 bridgehead atoms. The van der Waals surface area contributed by atoms with Crippen LogP contribution in [0.4, 0.5) is 20.1 Å². The number of aliphatic hydroxyl groups excluding tert-OH is 5. The number of thioether (sulfide) groups is 1. The number of benzene rings is 2. The van der Waals surface area contributed by atoms with Crippen LogP contribution in [0.5, 0.6) is 17.2 Å². The average Bonchev–Trinajstić information content (AvgIpc) is 0.762. The number of anilines is 1. The number of nitrogens with one attached hydrogen (secondary N) is 7. The number of Topliss-reactive ketones (excluding diaryl/α,β-unsaturated/α-hetero) is 1. The van der Waals surface area contributed by atoms with Crippen molar-refractivity contribution in [3.8, 4) is 40.9 Å². The van der Waals surface area contributed by atoms with E-state index in [9.17, 15) is 68.7 Å². The number of hydrogen-bond donors (Lipinski definition) is 14. The molecule has 38 nitrogen and oxygen atoms in total. The number of urea groups is 1. The van der Waals surface area contributed by atoms with Gasteiger partial charge in [-0.3, -0.25) is 38.9 Å². The Balaban J connectivity index is 1.02. The van der Waals surface area contributed by atoms with E-state index in [-0.39, 0.29) is 98.9 Å². The third kappa shape index (κ3) is 30.4. The summed E-state index contributed by atoms with van der Waals surface area (Å²) in [5.74, 6) is 9.08. The van der Waals surface area contributed by atoms with Crippen LogP contribution in [0.2, 0.25) is 0 Å². The summed E-state index contributed by atoms with van der Waals surface area (Å²) in [6.07, 6.45) is -9.40. The van der Waals surface area contributed by atoms with Gasteiger partial charge in [-0.25, -0.2) is 14.4 Å². The molecule has 2 aromatic rings. The number of ketones is 1. The van der Waals surface area contributed by atoms with Crippen LogP contribution >= 0.6 is 55.9 Å². The lowest BCUT2D eigenvalue weighted by molar-refractivity contribution is -0.337. The zero-order valence-corrected chi connectivity index (χ0v) is 80.1. The number of carbonyl (C=O) groups is 9. The first-order valence-electron chi connectivity index (χ1n) is 43.4. The van der Waals surface area contributed by atoms with Crippen molar-refractivity contribution in [2.45, 2.75) is 285 Å². The molecular weight excluding hydrogens is 1870 g/mol. The number of primary amides is 1. The van der Waals surface area contributed by atoms with Gasteiger partial charge in [0, 0.05) is 82.2 Å². The number of amides is 8. The number of hydroxylamine groups is 1.